The van der Waals surface area contributed by atoms with Gasteiger partial charge in [-0.15, -0.1) is 0 Å². The van der Waals surface area contributed by atoms with Gasteiger partial charge < -0.3 is 9.84 Å². The van der Waals surface area contributed by atoms with E-state index in [2.05, 4.69) is 15.5 Å². The lowest BCUT2D eigenvalue weighted by Crippen LogP contribution is -2.13. The number of nitrogens with zero attached hydrogens (tertiary/aromatic N) is 2. The zero-order valence-corrected chi connectivity index (χ0v) is 9.91. The maximum atomic E-state index is 13.0. The third kappa shape index (κ3) is 2.89. The van der Waals surface area contributed by atoms with Crippen LogP contribution in [-0.4, -0.2) is 16.7 Å². The van der Waals surface area contributed by atoms with Gasteiger partial charge in [0.1, 0.15) is 0 Å². The van der Waals surface area contributed by atoms with Gasteiger partial charge in [0, 0.05) is 5.56 Å². The fraction of sp³-hybridized carbons (Fsp3) is 0.333. The third-order valence-corrected chi connectivity index (χ3v) is 2.35. The molecule has 18 heavy (non-hydrogen) atoms. The molecule has 1 heterocycles. The largest absolute Gasteiger partial charge is 0.338 e. The second kappa shape index (κ2) is 5.68. The predicted octanol–water partition coefficient (Wildman–Crippen LogP) is 2.51. The minimum Gasteiger partial charge on any atom is -0.338 e. The van der Waals surface area contributed by atoms with E-state index in [1.165, 1.54) is 6.07 Å². The Kier molecular flexibility index (Phi) is 3.99. The Morgan fingerprint density at radius 1 is 1.28 bits per heavy atom. The summed E-state index contributed by atoms with van der Waals surface area (Å²) in [6.45, 7) is 3.36. The summed E-state index contributed by atoms with van der Waals surface area (Å²) < 4.78 is 30.8. The molecular weight excluding hydrogens is 240 g/mol. The van der Waals surface area contributed by atoms with Crippen molar-refractivity contribution in [2.24, 2.45) is 0 Å². The highest BCUT2D eigenvalue weighted by atomic mass is 19.2. The smallest absolute Gasteiger partial charge is 0.240 e. The van der Waals surface area contributed by atoms with Crippen LogP contribution in [0, 0.1) is 11.6 Å². The molecule has 0 aliphatic heterocycles. The van der Waals surface area contributed by atoms with E-state index in [1.54, 1.807) is 0 Å². The van der Waals surface area contributed by atoms with Crippen molar-refractivity contribution in [3.63, 3.8) is 0 Å². The highest BCUT2D eigenvalue weighted by molar-refractivity contribution is 5.54. The average molecular weight is 253 g/mol. The summed E-state index contributed by atoms with van der Waals surface area (Å²) in [5.41, 5.74) is 0.388. The van der Waals surface area contributed by atoms with Gasteiger partial charge >= 0.3 is 0 Å². The van der Waals surface area contributed by atoms with E-state index >= 15 is 0 Å². The minimum atomic E-state index is -0.928. The zero-order valence-electron chi connectivity index (χ0n) is 9.91. The lowest BCUT2D eigenvalue weighted by Gasteiger charge is -1.96. The molecule has 0 atom stereocenters. The summed E-state index contributed by atoms with van der Waals surface area (Å²) in [7, 11) is 0. The number of rotatable bonds is 5. The molecule has 0 aliphatic rings. The zero-order chi connectivity index (χ0) is 13.0. The van der Waals surface area contributed by atoms with E-state index in [4.69, 9.17) is 4.52 Å². The average Bonchev–Trinajstić information content (AvgIpc) is 2.82. The van der Waals surface area contributed by atoms with Crippen LogP contribution in [0.5, 0.6) is 0 Å². The molecular formula is C12H13F2N3O. The van der Waals surface area contributed by atoms with Crippen LogP contribution in [0.1, 0.15) is 19.2 Å². The van der Waals surface area contributed by atoms with Crippen LogP contribution < -0.4 is 5.32 Å². The molecule has 0 radical (unpaired) electrons. The molecule has 1 aromatic heterocycles. The number of hydrogen-bond acceptors (Lipinski definition) is 4. The molecule has 0 unspecified atom stereocenters. The van der Waals surface area contributed by atoms with Crippen molar-refractivity contribution in [1.29, 1.82) is 0 Å². The second-order valence-corrected chi connectivity index (χ2v) is 3.82. The summed E-state index contributed by atoms with van der Waals surface area (Å²) in [6, 6.07) is 3.49. The Hall–Kier alpha value is -1.82. The summed E-state index contributed by atoms with van der Waals surface area (Å²) in [5, 5.41) is 6.83. The minimum absolute atomic E-state index is 0.252. The standard InChI is InChI=1S/C12H13F2N3O/c1-2-5-15-7-11-16-12(17-18-11)8-3-4-9(13)10(14)6-8/h3-4,6,15H,2,5,7H2,1H3. The number of aromatic nitrogens is 2. The number of halogens is 2. The SMILES string of the molecule is CCCNCc1nc(-c2ccc(F)c(F)c2)no1. The Morgan fingerprint density at radius 3 is 2.83 bits per heavy atom. The lowest BCUT2D eigenvalue weighted by molar-refractivity contribution is 0.368. The molecule has 0 fully saturated rings. The van der Waals surface area contributed by atoms with Crippen molar-refractivity contribution in [2.45, 2.75) is 19.9 Å². The van der Waals surface area contributed by atoms with Crippen LogP contribution in [0.4, 0.5) is 8.78 Å². The van der Waals surface area contributed by atoms with Crippen LogP contribution in [0.2, 0.25) is 0 Å². The van der Waals surface area contributed by atoms with Crippen molar-refractivity contribution >= 4 is 0 Å². The Balaban J connectivity index is 2.11. The van der Waals surface area contributed by atoms with Crippen molar-refractivity contribution in [1.82, 2.24) is 15.5 Å². The van der Waals surface area contributed by atoms with Gasteiger partial charge in [-0.2, -0.15) is 4.98 Å². The topological polar surface area (TPSA) is 51.0 Å². The van der Waals surface area contributed by atoms with Gasteiger partial charge in [0.25, 0.3) is 0 Å². The molecule has 4 nitrogen and oxygen atoms in total. The molecule has 0 amide bonds. The molecule has 0 saturated heterocycles. The van der Waals surface area contributed by atoms with Gasteiger partial charge in [-0.3, -0.25) is 0 Å². The van der Waals surface area contributed by atoms with Crippen molar-refractivity contribution in [2.75, 3.05) is 6.54 Å². The molecule has 0 saturated carbocycles. The monoisotopic (exact) mass is 253 g/mol. The first-order valence-electron chi connectivity index (χ1n) is 5.69. The van der Waals surface area contributed by atoms with Crippen LogP contribution in [0.3, 0.4) is 0 Å². The van der Waals surface area contributed by atoms with E-state index in [0.29, 0.717) is 18.0 Å². The van der Waals surface area contributed by atoms with Crippen LogP contribution in [-0.2, 0) is 6.54 Å². The maximum absolute atomic E-state index is 13.0. The Labute approximate surface area is 103 Å². The van der Waals surface area contributed by atoms with Crippen molar-refractivity contribution < 1.29 is 13.3 Å². The lowest BCUT2D eigenvalue weighted by atomic mass is 10.2. The van der Waals surface area contributed by atoms with Crippen LogP contribution >= 0.6 is 0 Å². The number of hydrogen-bond donors (Lipinski definition) is 1. The van der Waals surface area contributed by atoms with Crippen molar-refractivity contribution in [3.8, 4) is 11.4 Å². The van der Waals surface area contributed by atoms with Gasteiger partial charge in [0.2, 0.25) is 11.7 Å². The van der Waals surface area contributed by atoms with E-state index in [1.807, 2.05) is 6.92 Å². The van der Waals surface area contributed by atoms with Gasteiger partial charge in [-0.05, 0) is 31.2 Å². The van der Waals surface area contributed by atoms with Crippen molar-refractivity contribution in [3.05, 3.63) is 35.7 Å². The first-order chi connectivity index (χ1) is 8.70. The molecule has 1 aromatic carbocycles. The highest BCUT2D eigenvalue weighted by Gasteiger charge is 2.10. The first kappa shape index (κ1) is 12.6. The van der Waals surface area contributed by atoms with Crippen LogP contribution in [0.25, 0.3) is 11.4 Å². The van der Waals surface area contributed by atoms with Gasteiger partial charge in [0.15, 0.2) is 11.6 Å². The van der Waals surface area contributed by atoms with E-state index in [-0.39, 0.29) is 5.82 Å². The molecule has 6 heteroatoms. The quantitative estimate of drug-likeness (QED) is 0.832. The fourth-order valence-electron chi connectivity index (χ4n) is 1.45. The number of benzene rings is 1. The molecule has 1 N–H and O–H groups in total. The van der Waals surface area contributed by atoms with Gasteiger partial charge in [-0.1, -0.05) is 12.1 Å². The molecule has 0 aliphatic carbocycles. The van der Waals surface area contributed by atoms with E-state index in [0.717, 1.165) is 25.1 Å². The third-order valence-electron chi connectivity index (χ3n) is 2.35. The predicted molar refractivity (Wildman–Crippen MR) is 61.6 cm³/mol. The molecule has 2 aromatic rings. The first-order valence-corrected chi connectivity index (χ1v) is 5.69. The summed E-state index contributed by atoms with van der Waals surface area (Å²) in [5.74, 6) is -1.15. The summed E-state index contributed by atoms with van der Waals surface area (Å²) in [4.78, 5) is 4.09. The molecule has 0 bridgehead atoms. The number of nitrogens with one attached hydrogen (secondary N) is 1. The molecule has 0 spiro atoms. The van der Waals surface area contributed by atoms with Gasteiger partial charge in [0.05, 0.1) is 6.54 Å². The normalized spacial score (nSPS) is 10.8. The molecule has 2 rings (SSSR count). The summed E-state index contributed by atoms with van der Waals surface area (Å²) in [6.07, 6.45) is 1.00. The van der Waals surface area contributed by atoms with Crippen LogP contribution in [0.15, 0.2) is 22.7 Å². The molecule has 96 valence electrons. The van der Waals surface area contributed by atoms with E-state index in [9.17, 15) is 8.78 Å². The maximum Gasteiger partial charge on any atom is 0.240 e. The van der Waals surface area contributed by atoms with Gasteiger partial charge in [-0.25, -0.2) is 8.78 Å². The van der Waals surface area contributed by atoms with E-state index < -0.39 is 11.6 Å². The summed E-state index contributed by atoms with van der Waals surface area (Å²) >= 11 is 0. The fourth-order valence-corrected chi connectivity index (χ4v) is 1.45. The second-order valence-electron chi connectivity index (χ2n) is 3.82. The highest BCUT2D eigenvalue weighted by Crippen LogP contribution is 2.18. The Bertz CT molecular complexity index is 528. The Morgan fingerprint density at radius 2 is 2.11 bits per heavy atom.